The number of fused-ring (bicyclic) bond motifs is 1. The highest BCUT2D eigenvalue weighted by molar-refractivity contribution is 5.90. The van der Waals surface area contributed by atoms with Crippen LogP contribution < -0.4 is 5.32 Å². The van der Waals surface area contributed by atoms with Crippen molar-refractivity contribution in [2.45, 2.75) is 12.5 Å². The average molecular weight is 392 g/mol. The Hall–Kier alpha value is -2.76. The lowest BCUT2D eigenvalue weighted by Gasteiger charge is -2.35. The molecule has 0 saturated carbocycles. The number of carbonyl (C=O) groups excluding carboxylic acids is 1. The molecule has 29 heavy (non-hydrogen) atoms. The Bertz CT molecular complexity index is 963. The standard InChI is InChI=1S/C24H25FN2O2/c25-21-10-8-19(9-11-21)23(27-12-14-29-15-13-27)17-26-24(28)16-20-6-3-5-18-4-1-2-7-22(18)20/h1-11,23H,12-17H2,(H,26,28)/t23-/m1/s1. The van der Waals surface area contributed by atoms with E-state index >= 15 is 0 Å². The van der Waals surface area contributed by atoms with Crippen LogP contribution in [0.25, 0.3) is 10.8 Å². The molecule has 1 atom stereocenters. The van der Waals surface area contributed by atoms with E-state index in [0.29, 0.717) is 26.2 Å². The summed E-state index contributed by atoms with van der Waals surface area (Å²) in [5.41, 5.74) is 2.02. The summed E-state index contributed by atoms with van der Waals surface area (Å²) < 4.78 is 18.8. The van der Waals surface area contributed by atoms with Crippen molar-refractivity contribution < 1.29 is 13.9 Å². The number of nitrogens with zero attached hydrogens (tertiary/aromatic N) is 1. The molecule has 1 aliphatic rings. The molecule has 1 amide bonds. The van der Waals surface area contributed by atoms with Crippen LogP contribution in [-0.2, 0) is 16.0 Å². The SMILES string of the molecule is O=C(Cc1cccc2ccccc12)NC[C@H](c1ccc(F)cc1)N1CCOCC1. The Labute approximate surface area is 170 Å². The number of amides is 1. The molecule has 1 heterocycles. The molecule has 1 fully saturated rings. The number of hydrogen-bond donors (Lipinski definition) is 1. The van der Waals surface area contributed by atoms with Crippen LogP contribution in [-0.4, -0.2) is 43.7 Å². The van der Waals surface area contributed by atoms with Crippen LogP contribution in [0.5, 0.6) is 0 Å². The Kier molecular flexibility index (Phi) is 6.17. The van der Waals surface area contributed by atoms with Crippen LogP contribution in [0.4, 0.5) is 4.39 Å². The monoisotopic (exact) mass is 392 g/mol. The van der Waals surface area contributed by atoms with Gasteiger partial charge in [0, 0.05) is 19.6 Å². The molecular weight excluding hydrogens is 367 g/mol. The Morgan fingerprint density at radius 3 is 2.52 bits per heavy atom. The smallest absolute Gasteiger partial charge is 0.224 e. The lowest BCUT2D eigenvalue weighted by Crippen LogP contribution is -2.44. The van der Waals surface area contributed by atoms with Crippen molar-refractivity contribution in [3.8, 4) is 0 Å². The summed E-state index contributed by atoms with van der Waals surface area (Å²) in [6.45, 7) is 3.40. The van der Waals surface area contributed by atoms with Crippen LogP contribution >= 0.6 is 0 Å². The molecule has 0 radical (unpaired) electrons. The Balaban J connectivity index is 1.46. The first-order chi connectivity index (χ1) is 14.2. The normalized spacial score (nSPS) is 15.9. The van der Waals surface area contributed by atoms with Gasteiger partial charge in [-0.3, -0.25) is 9.69 Å². The molecule has 0 bridgehead atoms. The second-order valence-corrected chi connectivity index (χ2v) is 7.33. The number of rotatable bonds is 6. The first-order valence-electron chi connectivity index (χ1n) is 10.0. The molecule has 4 rings (SSSR count). The third kappa shape index (κ3) is 4.81. The minimum Gasteiger partial charge on any atom is -0.379 e. The molecule has 5 heteroatoms. The number of halogens is 1. The summed E-state index contributed by atoms with van der Waals surface area (Å²) in [7, 11) is 0. The van der Waals surface area contributed by atoms with Crippen LogP contribution in [0.3, 0.4) is 0 Å². The summed E-state index contributed by atoms with van der Waals surface area (Å²) in [5.74, 6) is -0.267. The van der Waals surface area contributed by atoms with Gasteiger partial charge >= 0.3 is 0 Å². The van der Waals surface area contributed by atoms with Crippen molar-refractivity contribution in [3.63, 3.8) is 0 Å². The van der Waals surface area contributed by atoms with Crippen LogP contribution in [0.1, 0.15) is 17.2 Å². The Morgan fingerprint density at radius 2 is 1.72 bits per heavy atom. The van der Waals surface area contributed by atoms with E-state index in [-0.39, 0.29) is 17.8 Å². The second-order valence-electron chi connectivity index (χ2n) is 7.33. The van der Waals surface area contributed by atoms with Gasteiger partial charge in [0.2, 0.25) is 5.91 Å². The maximum atomic E-state index is 13.4. The maximum absolute atomic E-state index is 13.4. The van der Waals surface area contributed by atoms with Gasteiger partial charge in [0.05, 0.1) is 25.7 Å². The zero-order valence-electron chi connectivity index (χ0n) is 16.3. The van der Waals surface area contributed by atoms with Crippen molar-refractivity contribution in [3.05, 3.63) is 83.7 Å². The number of benzene rings is 3. The van der Waals surface area contributed by atoms with Gasteiger partial charge in [-0.25, -0.2) is 4.39 Å². The highest BCUT2D eigenvalue weighted by atomic mass is 19.1. The molecule has 4 nitrogen and oxygen atoms in total. The summed E-state index contributed by atoms with van der Waals surface area (Å²) >= 11 is 0. The Morgan fingerprint density at radius 1 is 1.00 bits per heavy atom. The number of morpholine rings is 1. The lowest BCUT2D eigenvalue weighted by atomic mass is 10.0. The lowest BCUT2D eigenvalue weighted by molar-refractivity contribution is -0.120. The quantitative estimate of drug-likeness (QED) is 0.695. The molecule has 0 spiro atoms. The van der Waals surface area contributed by atoms with Gasteiger partial charge in [-0.15, -0.1) is 0 Å². The first-order valence-corrected chi connectivity index (χ1v) is 10.0. The number of ether oxygens (including phenoxy) is 1. The zero-order valence-corrected chi connectivity index (χ0v) is 16.3. The molecule has 0 unspecified atom stereocenters. The van der Waals surface area contributed by atoms with Gasteiger partial charge in [0.15, 0.2) is 0 Å². The predicted octanol–water partition coefficient (Wildman–Crippen LogP) is 3.71. The minimum absolute atomic E-state index is 0.00373. The highest BCUT2D eigenvalue weighted by Gasteiger charge is 2.23. The molecule has 1 N–H and O–H groups in total. The van der Waals surface area contributed by atoms with E-state index in [0.717, 1.165) is 35.0 Å². The van der Waals surface area contributed by atoms with Gasteiger partial charge in [0.1, 0.15) is 5.82 Å². The summed E-state index contributed by atoms with van der Waals surface area (Å²) in [5, 5.41) is 5.33. The highest BCUT2D eigenvalue weighted by Crippen LogP contribution is 2.22. The van der Waals surface area contributed by atoms with Crippen molar-refractivity contribution in [2.24, 2.45) is 0 Å². The fourth-order valence-electron chi connectivity index (χ4n) is 3.92. The number of nitrogens with one attached hydrogen (secondary N) is 1. The summed E-state index contributed by atoms with van der Waals surface area (Å²) in [6, 6.07) is 20.7. The average Bonchev–Trinajstić information content (AvgIpc) is 2.76. The van der Waals surface area contributed by atoms with Gasteiger partial charge < -0.3 is 10.1 Å². The molecule has 150 valence electrons. The molecule has 3 aromatic carbocycles. The fraction of sp³-hybridized carbons (Fsp3) is 0.292. The van der Waals surface area contributed by atoms with E-state index in [2.05, 4.69) is 22.3 Å². The van der Waals surface area contributed by atoms with Crippen LogP contribution in [0.15, 0.2) is 66.7 Å². The third-order valence-corrected chi connectivity index (χ3v) is 5.46. The molecular formula is C24H25FN2O2. The molecule has 3 aromatic rings. The van der Waals surface area contributed by atoms with E-state index in [4.69, 9.17) is 4.74 Å². The van der Waals surface area contributed by atoms with Crippen LogP contribution in [0.2, 0.25) is 0 Å². The van der Waals surface area contributed by atoms with Crippen molar-refractivity contribution in [2.75, 3.05) is 32.8 Å². The number of carbonyl (C=O) groups is 1. The second kappa shape index (κ2) is 9.16. The zero-order chi connectivity index (χ0) is 20.1. The fourth-order valence-corrected chi connectivity index (χ4v) is 3.92. The van der Waals surface area contributed by atoms with Crippen molar-refractivity contribution in [1.29, 1.82) is 0 Å². The topological polar surface area (TPSA) is 41.6 Å². The number of hydrogen-bond acceptors (Lipinski definition) is 3. The molecule has 1 saturated heterocycles. The van der Waals surface area contributed by atoms with E-state index in [1.807, 2.05) is 30.3 Å². The van der Waals surface area contributed by atoms with E-state index < -0.39 is 0 Å². The van der Waals surface area contributed by atoms with Crippen molar-refractivity contribution >= 4 is 16.7 Å². The van der Waals surface area contributed by atoms with E-state index in [9.17, 15) is 9.18 Å². The van der Waals surface area contributed by atoms with Gasteiger partial charge in [-0.05, 0) is 34.0 Å². The maximum Gasteiger partial charge on any atom is 0.224 e. The first kappa shape index (κ1) is 19.6. The predicted molar refractivity (Wildman–Crippen MR) is 112 cm³/mol. The minimum atomic E-state index is -0.255. The van der Waals surface area contributed by atoms with Gasteiger partial charge in [-0.2, -0.15) is 0 Å². The third-order valence-electron chi connectivity index (χ3n) is 5.46. The molecule has 0 aromatic heterocycles. The van der Waals surface area contributed by atoms with E-state index in [1.165, 1.54) is 12.1 Å². The van der Waals surface area contributed by atoms with Crippen molar-refractivity contribution in [1.82, 2.24) is 10.2 Å². The molecule has 1 aliphatic heterocycles. The largest absolute Gasteiger partial charge is 0.379 e. The van der Waals surface area contributed by atoms with Crippen LogP contribution in [0, 0.1) is 5.82 Å². The summed E-state index contributed by atoms with van der Waals surface area (Å²) in [6.07, 6.45) is 0.334. The van der Waals surface area contributed by atoms with Gasteiger partial charge in [-0.1, -0.05) is 54.6 Å². The summed E-state index contributed by atoms with van der Waals surface area (Å²) in [4.78, 5) is 15.0. The van der Waals surface area contributed by atoms with E-state index in [1.54, 1.807) is 12.1 Å². The molecule has 0 aliphatic carbocycles. The van der Waals surface area contributed by atoms with Gasteiger partial charge in [0.25, 0.3) is 0 Å².